The Labute approximate surface area is 673 Å². The third-order valence-corrected chi connectivity index (χ3v) is 17.1. The predicted molar refractivity (Wildman–Crippen MR) is 362 cm³/mol. The summed E-state index contributed by atoms with van der Waals surface area (Å²) >= 11 is 0. The number of nitrogens with zero attached hydrogens (tertiary/aromatic N) is 10. The first-order valence-electron chi connectivity index (χ1n) is 28.8. The van der Waals surface area contributed by atoms with Crippen LogP contribution >= 0.6 is 10.7 Å². The van der Waals surface area contributed by atoms with Crippen molar-refractivity contribution in [2.45, 2.75) is 40.0 Å². The number of rotatable bonds is 19. The van der Waals surface area contributed by atoms with E-state index in [-0.39, 0.29) is 190 Å². The Balaban J connectivity index is 0.000000230. The fourth-order valence-electron chi connectivity index (χ4n) is 9.17. The maximum absolute atomic E-state index is 14.9. The molecule has 0 aliphatic carbocycles. The number of nitrogen functional groups attached to an aromatic ring is 1. The molecular formula is C63H55ClF3K2N15O16S3. The van der Waals surface area contributed by atoms with E-state index in [9.17, 15) is 52.8 Å². The zero-order valence-electron chi connectivity index (χ0n) is 55.3. The van der Waals surface area contributed by atoms with E-state index < -0.39 is 75.6 Å². The molecule has 12 aromatic rings. The number of aromatic nitrogens is 9. The van der Waals surface area contributed by atoms with Crippen molar-refractivity contribution in [3.8, 4) is 35.3 Å². The van der Waals surface area contributed by atoms with Gasteiger partial charge < -0.3 is 48.4 Å². The van der Waals surface area contributed by atoms with Crippen LogP contribution in [0.15, 0.2) is 174 Å². The van der Waals surface area contributed by atoms with Gasteiger partial charge in [0.2, 0.25) is 10.2 Å². The minimum Gasteiger partial charge on any atom is -0.870 e. The van der Waals surface area contributed by atoms with Gasteiger partial charge in [-0.2, -0.15) is 16.8 Å². The smallest absolute Gasteiger partial charge is 0.870 e. The molecule has 0 saturated carbocycles. The molecule has 9 heterocycles. The van der Waals surface area contributed by atoms with Gasteiger partial charge in [-0.05, 0) is 134 Å². The molecular weight excluding hydrogens is 1490 g/mol. The second-order valence-electron chi connectivity index (χ2n) is 20.5. The number of pyridine rings is 3. The number of anilines is 2. The number of nitrogens with two attached hydrogens (primary N) is 1. The summed E-state index contributed by atoms with van der Waals surface area (Å²) in [5, 5.41) is 1.98. The minimum atomic E-state index is -4.09. The van der Waals surface area contributed by atoms with Crippen LogP contribution < -0.4 is 158 Å². The van der Waals surface area contributed by atoms with Gasteiger partial charge in [0.25, 0.3) is 19.4 Å². The zero-order valence-corrected chi connectivity index (χ0v) is 64.8. The summed E-state index contributed by atoms with van der Waals surface area (Å²) < 4.78 is 154. The molecule has 12 rings (SSSR count). The van der Waals surface area contributed by atoms with Crippen LogP contribution in [0.1, 0.15) is 50.1 Å². The van der Waals surface area contributed by atoms with Gasteiger partial charge in [0.1, 0.15) is 39.8 Å². The van der Waals surface area contributed by atoms with Crippen molar-refractivity contribution in [3.05, 3.63) is 250 Å². The maximum atomic E-state index is 14.9. The second-order valence-corrected chi connectivity index (χ2v) is 26.2. The van der Waals surface area contributed by atoms with E-state index in [0.29, 0.717) is 55.9 Å². The average molecular weight is 1550 g/mol. The van der Waals surface area contributed by atoms with E-state index in [4.69, 9.17) is 33.2 Å². The third-order valence-electron chi connectivity index (χ3n) is 14.3. The number of hydrogen-bond acceptors (Lipinski definition) is 26. The summed E-state index contributed by atoms with van der Waals surface area (Å²) in [6, 6.07) is 24.6. The van der Waals surface area contributed by atoms with Crippen molar-refractivity contribution in [2.24, 2.45) is 0 Å². The molecule has 3 aromatic carbocycles. The maximum Gasteiger partial charge on any atom is 1.00 e. The Morgan fingerprint density at radius 1 is 0.476 bits per heavy atom. The summed E-state index contributed by atoms with van der Waals surface area (Å²) in [7, 11) is -3.34. The van der Waals surface area contributed by atoms with Crippen LogP contribution in [0.25, 0.3) is 37.6 Å². The van der Waals surface area contributed by atoms with Crippen LogP contribution in [0.2, 0.25) is 0 Å². The molecule has 40 heteroatoms. The SMILES string of the molecule is CNS(=O)(=O)Cl.CNS(=O)(=O)Nc1nccc(Cc2c(C)c3ccc(Oc4ncccn4)cc3oc2=O)c1F.CNS(=O)(=O)[N-]c1nccc(Cc2c(C)c3ccc(Oc4ncccn4)cc3oc2=O)c1F.Cc1c(Cc2ccnc(N)c2F)c(=O)oc2cc(Oc3ncccn3)ccc12.[K+].[K+].[OH-]. The van der Waals surface area contributed by atoms with Crippen LogP contribution in [0.4, 0.5) is 30.6 Å². The van der Waals surface area contributed by atoms with Crippen LogP contribution in [-0.4, -0.2) is 96.7 Å². The van der Waals surface area contributed by atoms with Gasteiger partial charge in [-0.1, -0.05) is 12.3 Å². The van der Waals surface area contributed by atoms with E-state index in [1.807, 2.05) is 18.9 Å². The van der Waals surface area contributed by atoms with E-state index >= 15 is 0 Å². The first-order chi connectivity index (χ1) is 47.6. The molecule has 0 atom stereocenters. The van der Waals surface area contributed by atoms with Gasteiger partial charge in [0.15, 0.2) is 23.3 Å². The van der Waals surface area contributed by atoms with Gasteiger partial charge in [-0.3, -0.25) is 4.72 Å². The summed E-state index contributed by atoms with van der Waals surface area (Å²) in [5.74, 6) is -2.56. The molecule has 0 bridgehead atoms. The molecule has 0 radical (unpaired) electrons. The largest absolute Gasteiger partial charge is 1.00 e. The first kappa shape index (κ1) is 83.8. The van der Waals surface area contributed by atoms with Gasteiger partial charge in [0.05, 0.1) is 0 Å². The van der Waals surface area contributed by atoms with E-state index in [0.717, 1.165) is 12.4 Å². The van der Waals surface area contributed by atoms with Gasteiger partial charge >= 0.3 is 138 Å². The molecule has 0 saturated heterocycles. The van der Waals surface area contributed by atoms with Crippen molar-refractivity contribution in [1.29, 1.82) is 0 Å². The number of fused-ring (bicyclic) bond motifs is 3. The molecule has 0 amide bonds. The molecule has 7 N–H and O–H groups in total. The molecule has 526 valence electrons. The molecule has 0 fully saturated rings. The van der Waals surface area contributed by atoms with Gasteiger partial charge in [-0.25, -0.2) is 90.0 Å². The number of nitrogens with one attached hydrogen (secondary N) is 4. The number of aryl methyl sites for hydroxylation is 3. The Morgan fingerprint density at radius 2 is 0.816 bits per heavy atom. The standard InChI is InChI=1S/C21H18FN5O5S.C21H17FN5O5S.C20H15FN4O3.CH4ClNO2S.2K.H2O/c2*1-12-15-5-4-14(31-21-25-7-3-8-26-21)11-17(15)32-20(28)16(12)10-13-6-9-24-19(18(13)22)27-33(29,30)23-2;1-11-14-4-3-13(27-20-24-6-2-7-25-20)10-16(14)28-19(26)15(11)9-12-5-8-23-18(22)17(12)21;1-3-6(2,4)5;;;/h3-9,11,23H,10H2,1-2H3,(H,24,27);3-9,11,23H,10H2,1-2H3;2-8,10H,9H2,1H3,(H2,22,23);3H,1H3;;;1H2/q;-1;;;2*+1;/p-1. The van der Waals surface area contributed by atoms with Crippen molar-refractivity contribution in [3.63, 3.8) is 0 Å². The molecule has 9 aromatic heterocycles. The van der Waals surface area contributed by atoms with E-state index in [1.165, 1.54) is 81.7 Å². The molecule has 0 aliphatic rings. The Hall–Kier alpha value is -8.18. The Kier molecular flexibility index (Phi) is 30.5. The van der Waals surface area contributed by atoms with Crippen LogP contribution in [0.5, 0.6) is 35.3 Å². The Morgan fingerprint density at radius 3 is 1.17 bits per heavy atom. The van der Waals surface area contributed by atoms with Crippen molar-refractivity contribution in [1.82, 2.24) is 59.0 Å². The first-order valence-corrected chi connectivity index (χ1v) is 34.1. The summed E-state index contributed by atoms with van der Waals surface area (Å²) in [6.07, 6.45) is 12.9. The number of halogens is 4. The van der Waals surface area contributed by atoms with Crippen molar-refractivity contribution in [2.75, 3.05) is 31.6 Å². The monoisotopic (exact) mass is 1540 g/mol. The topological polar surface area (TPSA) is 455 Å². The molecule has 0 spiro atoms. The Bertz CT molecular complexity index is 5340. The minimum absolute atomic E-state index is 0. The van der Waals surface area contributed by atoms with Crippen LogP contribution in [0.3, 0.4) is 0 Å². The fraction of sp³-hybridized carbons (Fsp3) is 0.143. The second kappa shape index (κ2) is 37.5. The summed E-state index contributed by atoms with van der Waals surface area (Å²) in [5.41, 5.74) is 7.66. The molecule has 103 heavy (non-hydrogen) atoms. The van der Waals surface area contributed by atoms with E-state index in [1.54, 1.807) is 99.9 Å². The molecule has 31 nitrogen and oxygen atoms in total. The van der Waals surface area contributed by atoms with Crippen LogP contribution in [0, 0.1) is 38.2 Å². The number of ether oxygens (including phenoxy) is 3. The quantitative estimate of drug-likeness (QED) is 0.0441. The van der Waals surface area contributed by atoms with Gasteiger partial charge in [0, 0.05) is 145 Å². The molecule has 0 unspecified atom stereocenters. The van der Waals surface area contributed by atoms with E-state index in [2.05, 4.69) is 60.3 Å². The number of benzene rings is 3. The predicted octanol–water partition coefficient (Wildman–Crippen LogP) is 2.87. The summed E-state index contributed by atoms with van der Waals surface area (Å²) in [6.45, 7) is 5.22. The van der Waals surface area contributed by atoms with Crippen molar-refractivity contribution < 1.29 is 174 Å². The summed E-state index contributed by atoms with van der Waals surface area (Å²) in [4.78, 5) is 72.9. The molecule has 0 aliphatic heterocycles. The normalized spacial score (nSPS) is 11.0. The van der Waals surface area contributed by atoms with Crippen molar-refractivity contribution >= 4 is 90.7 Å². The third kappa shape index (κ3) is 22.4. The van der Waals surface area contributed by atoms with Gasteiger partial charge in [-0.15, -0.1) is 0 Å². The number of hydrogen-bond donors (Lipinski definition) is 5. The average Bonchev–Trinajstić information content (AvgIpc) is 0.791. The van der Waals surface area contributed by atoms with Crippen LogP contribution in [-0.2, 0) is 48.9 Å². The fourth-order valence-corrected chi connectivity index (χ4v) is 10.1. The zero-order chi connectivity index (χ0) is 72.1.